The summed E-state index contributed by atoms with van der Waals surface area (Å²) in [6, 6.07) is 9.41. The van der Waals surface area contributed by atoms with Crippen molar-refractivity contribution in [1.82, 2.24) is 0 Å². The Kier molecular flexibility index (Phi) is 3.71. The molecule has 0 aliphatic heterocycles. The van der Waals surface area contributed by atoms with E-state index in [0.29, 0.717) is 22.0 Å². The minimum atomic E-state index is -0.575. The lowest BCUT2D eigenvalue weighted by Gasteiger charge is -2.09. The van der Waals surface area contributed by atoms with E-state index in [9.17, 15) is 9.18 Å². The van der Waals surface area contributed by atoms with Crippen LogP contribution in [0.5, 0.6) is 0 Å². The van der Waals surface area contributed by atoms with Gasteiger partial charge in [0.1, 0.15) is 5.82 Å². The van der Waals surface area contributed by atoms with Crippen LogP contribution in [0.25, 0.3) is 0 Å². The van der Waals surface area contributed by atoms with E-state index < -0.39 is 11.7 Å². The Morgan fingerprint density at radius 1 is 1.32 bits per heavy atom. The second-order valence-electron chi connectivity index (χ2n) is 4.16. The first-order chi connectivity index (χ1) is 8.97. The number of nitrogen functional groups attached to an aromatic ring is 1. The fourth-order valence-corrected chi connectivity index (χ4v) is 1.92. The number of hydrogen-bond donors (Lipinski definition) is 2. The molecular formula is C14H12ClFN2O. The highest BCUT2D eigenvalue weighted by atomic mass is 35.5. The van der Waals surface area contributed by atoms with Gasteiger partial charge in [0, 0.05) is 16.4 Å². The van der Waals surface area contributed by atoms with E-state index in [-0.39, 0.29) is 5.56 Å². The summed E-state index contributed by atoms with van der Waals surface area (Å²) in [6.45, 7) is 1.56. The van der Waals surface area contributed by atoms with Crippen LogP contribution in [-0.4, -0.2) is 5.91 Å². The lowest BCUT2D eigenvalue weighted by atomic mass is 10.1. The minimum absolute atomic E-state index is 0.0857. The smallest absolute Gasteiger partial charge is 0.258 e. The van der Waals surface area contributed by atoms with Crippen molar-refractivity contribution < 1.29 is 9.18 Å². The molecule has 3 N–H and O–H groups in total. The largest absolute Gasteiger partial charge is 0.399 e. The standard InChI is InChI=1S/C14H12ClFN2O/c1-8-5-10(17)7-12(13(8)16)14(19)18-11-4-2-3-9(15)6-11/h2-7H,17H2,1H3,(H,18,19). The summed E-state index contributed by atoms with van der Waals surface area (Å²) in [5, 5.41) is 3.06. The lowest BCUT2D eigenvalue weighted by molar-refractivity contribution is 0.102. The maximum atomic E-state index is 13.9. The average Bonchev–Trinajstić information content (AvgIpc) is 2.33. The number of nitrogens with one attached hydrogen (secondary N) is 1. The third-order valence-corrected chi connectivity index (χ3v) is 2.84. The van der Waals surface area contributed by atoms with Gasteiger partial charge < -0.3 is 11.1 Å². The van der Waals surface area contributed by atoms with Crippen molar-refractivity contribution in [1.29, 1.82) is 0 Å². The maximum absolute atomic E-state index is 13.9. The molecule has 1 amide bonds. The van der Waals surface area contributed by atoms with Crippen LogP contribution in [0.2, 0.25) is 5.02 Å². The van der Waals surface area contributed by atoms with Gasteiger partial charge in [-0.05, 0) is 42.8 Å². The van der Waals surface area contributed by atoms with Gasteiger partial charge in [0.25, 0.3) is 5.91 Å². The van der Waals surface area contributed by atoms with E-state index in [1.807, 2.05) is 0 Å². The van der Waals surface area contributed by atoms with Crippen molar-refractivity contribution in [3.8, 4) is 0 Å². The molecule has 98 valence electrons. The van der Waals surface area contributed by atoms with Crippen LogP contribution in [0.3, 0.4) is 0 Å². The molecule has 0 spiro atoms. The molecule has 0 aliphatic carbocycles. The number of benzene rings is 2. The Morgan fingerprint density at radius 2 is 2.05 bits per heavy atom. The van der Waals surface area contributed by atoms with E-state index >= 15 is 0 Å². The van der Waals surface area contributed by atoms with E-state index in [1.54, 1.807) is 31.2 Å². The Hall–Kier alpha value is -2.07. The first-order valence-electron chi connectivity index (χ1n) is 5.60. The molecule has 0 aliphatic rings. The van der Waals surface area contributed by atoms with Gasteiger partial charge in [0.05, 0.1) is 5.56 Å². The number of carbonyl (C=O) groups is 1. The van der Waals surface area contributed by atoms with Crippen LogP contribution in [0.1, 0.15) is 15.9 Å². The highest BCUT2D eigenvalue weighted by molar-refractivity contribution is 6.31. The second kappa shape index (κ2) is 5.28. The highest BCUT2D eigenvalue weighted by Crippen LogP contribution is 2.20. The zero-order chi connectivity index (χ0) is 14.0. The molecule has 0 atom stereocenters. The molecule has 0 aromatic heterocycles. The number of aryl methyl sites for hydroxylation is 1. The molecular weight excluding hydrogens is 267 g/mol. The quantitative estimate of drug-likeness (QED) is 0.824. The summed E-state index contributed by atoms with van der Waals surface area (Å²) in [4.78, 5) is 12.0. The summed E-state index contributed by atoms with van der Waals surface area (Å²) < 4.78 is 13.9. The minimum Gasteiger partial charge on any atom is -0.399 e. The third kappa shape index (κ3) is 3.03. The van der Waals surface area contributed by atoms with Crippen molar-refractivity contribution in [2.75, 3.05) is 11.1 Å². The van der Waals surface area contributed by atoms with Gasteiger partial charge in [-0.3, -0.25) is 4.79 Å². The van der Waals surface area contributed by atoms with Gasteiger partial charge in [0.15, 0.2) is 0 Å². The molecule has 0 radical (unpaired) electrons. The molecule has 2 aromatic carbocycles. The molecule has 3 nitrogen and oxygen atoms in total. The van der Waals surface area contributed by atoms with Crippen molar-refractivity contribution >= 4 is 28.9 Å². The molecule has 2 rings (SSSR count). The van der Waals surface area contributed by atoms with Crippen molar-refractivity contribution in [2.24, 2.45) is 0 Å². The van der Waals surface area contributed by atoms with Crippen LogP contribution in [0.15, 0.2) is 36.4 Å². The predicted molar refractivity (Wildman–Crippen MR) is 75.0 cm³/mol. The predicted octanol–water partition coefficient (Wildman–Crippen LogP) is 3.62. The normalized spacial score (nSPS) is 10.3. The number of nitrogens with two attached hydrogens (primary N) is 1. The lowest BCUT2D eigenvalue weighted by Crippen LogP contribution is -2.15. The molecule has 0 unspecified atom stereocenters. The van der Waals surface area contributed by atoms with E-state index in [4.69, 9.17) is 17.3 Å². The third-order valence-electron chi connectivity index (χ3n) is 2.60. The van der Waals surface area contributed by atoms with Crippen molar-refractivity contribution in [3.05, 3.63) is 58.4 Å². The Bertz CT molecular complexity index is 643. The van der Waals surface area contributed by atoms with Crippen molar-refractivity contribution in [3.63, 3.8) is 0 Å². The van der Waals surface area contributed by atoms with Gasteiger partial charge in [-0.15, -0.1) is 0 Å². The molecule has 2 aromatic rings. The summed E-state index contributed by atoms with van der Waals surface area (Å²) in [6.07, 6.45) is 0. The number of hydrogen-bond acceptors (Lipinski definition) is 2. The van der Waals surface area contributed by atoms with Crippen LogP contribution < -0.4 is 11.1 Å². The molecule has 5 heteroatoms. The molecule has 0 bridgehead atoms. The SMILES string of the molecule is Cc1cc(N)cc(C(=O)Nc2cccc(Cl)c2)c1F. The van der Waals surface area contributed by atoms with E-state index in [2.05, 4.69) is 5.32 Å². The fourth-order valence-electron chi connectivity index (χ4n) is 1.73. The van der Waals surface area contributed by atoms with Gasteiger partial charge in [0.2, 0.25) is 0 Å². The van der Waals surface area contributed by atoms with Gasteiger partial charge in [-0.2, -0.15) is 0 Å². The summed E-state index contributed by atoms with van der Waals surface area (Å²) in [7, 11) is 0. The summed E-state index contributed by atoms with van der Waals surface area (Å²) in [5.41, 5.74) is 6.70. The highest BCUT2D eigenvalue weighted by Gasteiger charge is 2.14. The van der Waals surface area contributed by atoms with Crippen LogP contribution in [0.4, 0.5) is 15.8 Å². The Balaban J connectivity index is 2.30. The monoisotopic (exact) mass is 278 g/mol. The topological polar surface area (TPSA) is 55.1 Å². The second-order valence-corrected chi connectivity index (χ2v) is 4.60. The molecule has 0 heterocycles. The molecule has 0 saturated heterocycles. The Labute approximate surface area is 115 Å². The van der Waals surface area contributed by atoms with Gasteiger partial charge >= 0.3 is 0 Å². The molecule has 0 fully saturated rings. The van der Waals surface area contributed by atoms with Crippen LogP contribution in [-0.2, 0) is 0 Å². The fraction of sp³-hybridized carbons (Fsp3) is 0.0714. The molecule has 0 saturated carbocycles. The number of amides is 1. The number of carbonyl (C=O) groups excluding carboxylic acids is 1. The zero-order valence-corrected chi connectivity index (χ0v) is 11.0. The first kappa shape index (κ1) is 13.4. The number of halogens is 2. The zero-order valence-electron chi connectivity index (χ0n) is 10.2. The van der Waals surface area contributed by atoms with E-state index in [0.717, 1.165) is 0 Å². The van der Waals surface area contributed by atoms with Gasteiger partial charge in [-0.1, -0.05) is 17.7 Å². The number of rotatable bonds is 2. The Morgan fingerprint density at radius 3 is 2.74 bits per heavy atom. The first-order valence-corrected chi connectivity index (χ1v) is 5.97. The van der Waals surface area contributed by atoms with Crippen molar-refractivity contribution in [2.45, 2.75) is 6.92 Å². The van der Waals surface area contributed by atoms with Gasteiger partial charge in [-0.25, -0.2) is 4.39 Å². The average molecular weight is 279 g/mol. The number of anilines is 2. The van der Waals surface area contributed by atoms with Crippen LogP contribution in [0, 0.1) is 12.7 Å². The summed E-state index contributed by atoms with van der Waals surface area (Å²) in [5.74, 6) is -1.14. The molecule has 19 heavy (non-hydrogen) atoms. The van der Waals surface area contributed by atoms with E-state index in [1.165, 1.54) is 12.1 Å². The maximum Gasteiger partial charge on any atom is 0.258 e. The van der Waals surface area contributed by atoms with Crippen LogP contribution >= 0.6 is 11.6 Å². The summed E-state index contributed by atoms with van der Waals surface area (Å²) >= 11 is 5.81.